The van der Waals surface area contributed by atoms with Crippen molar-refractivity contribution in [2.75, 3.05) is 10.6 Å². The molecule has 0 aliphatic carbocycles. The van der Waals surface area contributed by atoms with E-state index in [0.717, 1.165) is 18.4 Å². The van der Waals surface area contributed by atoms with Gasteiger partial charge in [0, 0.05) is 17.8 Å². The van der Waals surface area contributed by atoms with Crippen molar-refractivity contribution < 1.29 is 9.59 Å². The molecule has 0 aliphatic heterocycles. The van der Waals surface area contributed by atoms with Gasteiger partial charge in [0.2, 0.25) is 11.8 Å². The molecular formula is C17H27N3O2. The minimum atomic E-state index is -0.900. The lowest BCUT2D eigenvalue weighted by Crippen LogP contribution is -2.48. The molecule has 0 saturated carbocycles. The summed E-state index contributed by atoms with van der Waals surface area (Å²) < 4.78 is 0. The van der Waals surface area contributed by atoms with Crippen molar-refractivity contribution in [1.29, 1.82) is 0 Å². The fraction of sp³-hybridized carbons (Fsp3) is 0.529. The topological polar surface area (TPSA) is 84.2 Å². The maximum Gasteiger partial charge on any atom is 0.244 e. The number of anilines is 2. The van der Waals surface area contributed by atoms with E-state index >= 15 is 0 Å². The lowest BCUT2D eigenvalue weighted by atomic mass is 9.96. The van der Waals surface area contributed by atoms with Gasteiger partial charge in [-0.1, -0.05) is 26.3 Å². The Morgan fingerprint density at radius 3 is 2.27 bits per heavy atom. The largest absolute Gasteiger partial charge is 0.326 e. The van der Waals surface area contributed by atoms with Gasteiger partial charge in [-0.15, -0.1) is 0 Å². The van der Waals surface area contributed by atoms with Gasteiger partial charge in [-0.05, 0) is 44.4 Å². The summed E-state index contributed by atoms with van der Waals surface area (Å²) in [6.45, 7) is 7.55. The van der Waals surface area contributed by atoms with Gasteiger partial charge in [-0.25, -0.2) is 0 Å². The first-order valence-corrected chi connectivity index (χ1v) is 7.81. The Labute approximate surface area is 132 Å². The van der Waals surface area contributed by atoms with Crippen LogP contribution in [0.25, 0.3) is 0 Å². The summed E-state index contributed by atoms with van der Waals surface area (Å²) >= 11 is 0. The molecule has 0 saturated heterocycles. The maximum atomic E-state index is 12.3. The van der Waals surface area contributed by atoms with Crippen LogP contribution in [0, 0.1) is 6.92 Å². The van der Waals surface area contributed by atoms with E-state index in [1.165, 1.54) is 0 Å². The number of nitrogens with two attached hydrogens (primary N) is 1. The molecule has 0 spiro atoms. The highest BCUT2D eigenvalue weighted by molar-refractivity contribution is 5.99. The van der Waals surface area contributed by atoms with Gasteiger partial charge in [-0.2, -0.15) is 0 Å². The molecule has 1 atom stereocenters. The first-order valence-electron chi connectivity index (χ1n) is 7.81. The van der Waals surface area contributed by atoms with Crippen LogP contribution in [0.3, 0.4) is 0 Å². The summed E-state index contributed by atoms with van der Waals surface area (Å²) in [6.07, 6.45) is 2.73. The zero-order valence-corrected chi connectivity index (χ0v) is 14.0. The van der Waals surface area contributed by atoms with E-state index in [-0.39, 0.29) is 11.8 Å². The normalized spacial score (nSPS) is 13.3. The van der Waals surface area contributed by atoms with Crippen LogP contribution in [-0.4, -0.2) is 17.4 Å². The predicted molar refractivity (Wildman–Crippen MR) is 90.8 cm³/mol. The monoisotopic (exact) mass is 305 g/mol. The zero-order valence-electron chi connectivity index (χ0n) is 14.0. The number of hydrogen-bond acceptors (Lipinski definition) is 3. The van der Waals surface area contributed by atoms with E-state index in [2.05, 4.69) is 10.6 Å². The molecule has 5 nitrogen and oxygen atoms in total. The first kappa shape index (κ1) is 18.2. The third-order valence-electron chi connectivity index (χ3n) is 3.62. The number of amides is 2. The smallest absolute Gasteiger partial charge is 0.244 e. The molecule has 1 aromatic rings. The molecule has 0 radical (unpaired) electrons. The predicted octanol–water partition coefficient (Wildman–Crippen LogP) is 3.19. The van der Waals surface area contributed by atoms with Gasteiger partial charge in [0.15, 0.2) is 0 Å². The molecule has 0 heterocycles. The minimum Gasteiger partial charge on any atom is -0.326 e. The number of carbonyl (C=O) groups excluding carboxylic acids is 2. The van der Waals surface area contributed by atoms with Crippen molar-refractivity contribution in [3.8, 4) is 0 Å². The highest BCUT2D eigenvalue weighted by atomic mass is 16.2. The third-order valence-corrected chi connectivity index (χ3v) is 3.62. The van der Waals surface area contributed by atoms with Gasteiger partial charge in [0.05, 0.1) is 5.54 Å². The van der Waals surface area contributed by atoms with Crippen LogP contribution in [0.1, 0.15) is 52.0 Å². The number of nitrogens with one attached hydrogen (secondary N) is 2. The Kier molecular flexibility index (Phi) is 6.56. The average molecular weight is 305 g/mol. The quantitative estimate of drug-likeness (QED) is 0.723. The molecule has 4 N–H and O–H groups in total. The van der Waals surface area contributed by atoms with Crippen LogP contribution in [-0.2, 0) is 9.59 Å². The second-order valence-electron chi connectivity index (χ2n) is 5.90. The Balaban J connectivity index is 2.89. The number of hydrogen-bond donors (Lipinski definition) is 3. The Morgan fingerprint density at radius 2 is 1.73 bits per heavy atom. The lowest BCUT2D eigenvalue weighted by Gasteiger charge is -2.24. The van der Waals surface area contributed by atoms with Crippen molar-refractivity contribution in [3.05, 3.63) is 23.8 Å². The second kappa shape index (κ2) is 7.94. The van der Waals surface area contributed by atoms with Gasteiger partial charge in [0.1, 0.15) is 0 Å². The molecule has 0 bridgehead atoms. The second-order valence-corrected chi connectivity index (χ2v) is 5.90. The molecule has 0 aromatic heterocycles. The van der Waals surface area contributed by atoms with Gasteiger partial charge in [-0.3, -0.25) is 9.59 Å². The standard InChI is InChI=1S/C17H27N3O2/c1-5-8-15(21)19-13-9-7-10-14(12(13)3)20-16(22)17(4,18)11-6-2/h7,9-10H,5-6,8,11,18H2,1-4H3,(H,19,21)(H,20,22). The molecule has 0 fully saturated rings. The molecule has 5 heteroatoms. The number of carbonyl (C=O) groups is 2. The van der Waals surface area contributed by atoms with Crippen LogP contribution in [0.15, 0.2) is 18.2 Å². The Morgan fingerprint density at radius 1 is 1.14 bits per heavy atom. The van der Waals surface area contributed by atoms with Crippen LogP contribution in [0.4, 0.5) is 11.4 Å². The summed E-state index contributed by atoms with van der Waals surface area (Å²) in [5.74, 6) is -0.238. The van der Waals surface area contributed by atoms with E-state index in [4.69, 9.17) is 5.73 Å². The summed E-state index contributed by atoms with van der Waals surface area (Å²) in [4.78, 5) is 24.0. The van der Waals surface area contributed by atoms with E-state index in [1.807, 2.05) is 32.9 Å². The number of rotatable bonds is 7. The number of benzene rings is 1. The molecule has 22 heavy (non-hydrogen) atoms. The minimum absolute atomic E-state index is 0.0243. The molecule has 1 rings (SSSR count). The summed E-state index contributed by atoms with van der Waals surface area (Å²) in [5.41, 5.74) is 7.36. The van der Waals surface area contributed by atoms with Crippen molar-refractivity contribution in [1.82, 2.24) is 0 Å². The summed E-state index contributed by atoms with van der Waals surface area (Å²) in [7, 11) is 0. The van der Waals surface area contributed by atoms with E-state index in [9.17, 15) is 9.59 Å². The zero-order chi connectivity index (χ0) is 16.8. The van der Waals surface area contributed by atoms with Crippen LogP contribution >= 0.6 is 0 Å². The molecule has 1 unspecified atom stereocenters. The summed E-state index contributed by atoms with van der Waals surface area (Å²) in [6, 6.07) is 5.44. The van der Waals surface area contributed by atoms with Crippen LogP contribution < -0.4 is 16.4 Å². The molecule has 122 valence electrons. The average Bonchev–Trinajstić information content (AvgIpc) is 2.43. The van der Waals surface area contributed by atoms with Gasteiger partial charge >= 0.3 is 0 Å². The third kappa shape index (κ3) is 4.84. The van der Waals surface area contributed by atoms with Crippen molar-refractivity contribution in [3.63, 3.8) is 0 Å². The van der Waals surface area contributed by atoms with Crippen molar-refractivity contribution in [2.45, 2.75) is 58.9 Å². The highest BCUT2D eigenvalue weighted by Gasteiger charge is 2.27. The molecule has 2 amide bonds. The van der Waals surface area contributed by atoms with E-state index < -0.39 is 5.54 Å². The summed E-state index contributed by atoms with van der Waals surface area (Å²) in [5, 5.41) is 5.73. The fourth-order valence-electron chi connectivity index (χ4n) is 2.24. The van der Waals surface area contributed by atoms with Crippen molar-refractivity contribution in [2.24, 2.45) is 5.73 Å². The van der Waals surface area contributed by atoms with E-state index in [0.29, 0.717) is 24.2 Å². The van der Waals surface area contributed by atoms with Crippen LogP contribution in [0.5, 0.6) is 0 Å². The highest BCUT2D eigenvalue weighted by Crippen LogP contribution is 2.24. The van der Waals surface area contributed by atoms with E-state index in [1.54, 1.807) is 13.0 Å². The molecular weight excluding hydrogens is 278 g/mol. The Hall–Kier alpha value is -1.88. The van der Waals surface area contributed by atoms with Crippen LogP contribution in [0.2, 0.25) is 0 Å². The van der Waals surface area contributed by atoms with Crippen molar-refractivity contribution >= 4 is 23.2 Å². The fourth-order valence-corrected chi connectivity index (χ4v) is 2.24. The maximum absolute atomic E-state index is 12.3. The molecule has 0 aliphatic rings. The van der Waals surface area contributed by atoms with Gasteiger partial charge < -0.3 is 16.4 Å². The molecule has 1 aromatic carbocycles. The van der Waals surface area contributed by atoms with Gasteiger partial charge in [0.25, 0.3) is 0 Å². The Bertz CT molecular complexity index is 539. The SMILES string of the molecule is CCCC(=O)Nc1cccc(NC(=O)C(C)(N)CCC)c1C. The lowest BCUT2D eigenvalue weighted by molar-refractivity contribution is -0.121. The first-order chi connectivity index (χ1) is 10.3.